The first-order valence-electron chi connectivity index (χ1n) is 9.81. The minimum absolute atomic E-state index is 0.0775. The number of benzene rings is 3. The second kappa shape index (κ2) is 10.2. The van der Waals surface area contributed by atoms with Gasteiger partial charge in [-0.2, -0.15) is 5.10 Å². The van der Waals surface area contributed by atoms with Gasteiger partial charge in [0, 0.05) is 29.8 Å². The highest BCUT2D eigenvalue weighted by Crippen LogP contribution is 2.39. The van der Waals surface area contributed by atoms with Crippen molar-refractivity contribution >= 4 is 62.5 Å². The highest BCUT2D eigenvalue weighted by Gasteiger charge is 2.20. The summed E-state index contributed by atoms with van der Waals surface area (Å²) in [5.41, 5.74) is 2.12. The molecule has 0 saturated heterocycles. The fourth-order valence-electron chi connectivity index (χ4n) is 3.04. The molecule has 1 N–H and O–H groups in total. The summed E-state index contributed by atoms with van der Waals surface area (Å²) in [6.07, 6.45) is 1.17. The number of hydrazone groups is 1. The molecular formula is C21H12N6O7S2. The summed E-state index contributed by atoms with van der Waals surface area (Å²) in [5, 5.41) is 37.4. The van der Waals surface area contributed by atoms with Crippen molar-refractivity contribution in [2.24, 2.45) is 5.10 Å². The zero-order valence-corrected chi connectivity index (χ0v) is 19.4. The number of rotatable bonds is 8. The average molecular weight is 524 g/mol. The van der Waals surface area contributed by atoms with Crippen LogP contribution in [0, 0.1) is 30.3 Å². The number of nitro benzene ring substituents is 3. The molecule has 1 aromatic heterocycles. The lowest BCUT2D eigenvalue weighted by Crippen LogP contribution is -2.18. The Hall–Kier alpha value is -4.76. The predicted octanol–water partition coefficient (Wildman–Crippen LogP) is 4.94. The Morgan fingerprint density at radius 3 is 2.42 bits per heavy atom. The van der Waals surface area contributed by atoms with Crippen LogP contribution in [0.4, 0.5) is 17.1 Å². The minimum Gasteiger partial charge on any atom is -0.267 e. The number of aromatic nitrogens is 1. The molecule has 13 nitrogen and oxygen atoms in total. The van der Waals surface area contributed by atoms with Crippen molar-refractivity contribution in [3.05, 3.63) is 102 Å². The largest absolute Gasteiger partial charge is 0.283 e. The Bertz CT molecular complexity index is 1570. The lowest BCUT2D eigenvalue weighted by atomic mass is 10.2. The minimum atomic E-state index is -0.809. The van der Waals surface area contributed by atoms with E-state index in [4.69, 9.17) is 0 Å². The van der Waals surface area contributed by atoms with Crippen LogP contribution in [-0.2, 0) is 0 Å². The van der Waals surface area contributed by atoms with Crippen LogP contribution in [0.5, 0.6) is 0 Å². The number of nitro groups is 3. The second-order valence-electron chi connectivity index (χ2n) is 6.95. The average Bonchev–Trinajstić information content (AvgIpc) is 3.26. The number of fused-ring (bicyclic) bond motifs is 1. The molecular weight excluding hydrogens is 512 g/mol. The van der Waals surface area contributed by atoms with Gasteiger partial charge in [-0.15, -0.1) is 11.3 Å². The van der Waals surface area contributed by atoms with Crippen LogP contribution in [0.15, 0.2) is 75.0 Å². The Labute approximate surface area is 208 Å². The van der Waals surface area contributed by atoms with Gasteiger partial charge in [-0.1, -0.05) is 30.0 Å². The van der Waals surface area contributed by atoms with Crippen molar-refractivity contribution in [3.8, 4) is 0 Å². The third-order valence-electron chi connectivity index (χ3n) is 4.67. The van der Waals surface area contributed by atoms with Crippen LogP contribution in [0.2, 0.25) is 0 Å². The van der Waals surface area contributed by atoms with Gasteiger partial charge < -0.3 is 0 Å². The molecule has 0 aliphatic carbocycles. The van der Waals surface area contributed by atoms with Gasteiger partial charge in [-0.05, 0) is 18.2 Å². The van der Waals surface area contributed by atoms with Crippen molar-refractivity contribution in [3.63, 3.8) is 0 Å². The van der Waals surface area contributed by atoms with Gasteiger partial charge in [0.15, 0.2) is 4.34 Å². The van der Waals surface area contributed by atoms with E-state index in [0.717, 1.165) is 11.8 Å². The molecule has 15 heteroatoms. The normalized spacial score (nSPS) is 11.0. The van der Waals surface area contributed by atoms with Gasteiger partial charge in [0.05, 0.1) is 36.1 Å². The van der Waals surface area contributed by atoms with E-state index in [1.807, 2.05) is 0 Å². The highest BCUT2D eigenvalue weighted by atomic mass is 32.2. The molecule has 3 aromatic carbocycles. The molecule has 0 aliphatic heterocycles. The Kier molecular flexibility index (Phi) is 6.93. The van der Waals surface area contributed by atoms with E-state index in [1.54, 1.807) is 0 Å². The van der Waals surface area contributed by atoms with Gasteiger partial charge in [0.25, 0.3) is 23.0 Å². The molecule has 4 aromatic rings. The van der Waals surface area contributed by atoms with E-state index in [1.165, 1.54) is 78.2 Å². The maximum absolute atomic E-state index is 12.2. The maximum atomic E-state index is 12.2. The third-order valence-corrected chi connectivity index (χ3v) is 6.81. The molecule has 1 heterocycles. The fraction of sp³-hybridized carbons (Fsp3) is 0. The Morgan fingerprint density at radius 2 is 1.69 bits per heavy atom. The molecule has 0 radical (unpaired) electrons. The van der Waals surface area contributed by atoms with Gasteiger partial charge in [-0.3, -0.25) is 35.1 Å². The summed E-state index contributed by atoms with van der Waals surface area (Å²) in [6, 6.07) is 13.9. The van der Waals surface area contributed by atoms with Crippen LogP contribution in [0.3, 0.4) is 0 Å². The standard InChI is InChI=1S/C21H12N6O7S2/c28-20(14-3-1-2-4-16(14)26(31)32)24-22-11-12-5-8-18(17(9-12)27(33)34)35-21-23-15-7-6-13(25(29)30)10-19(15)36-21/h1-11H,(H,24,28). The summed E-state index contributed by atoms with van der Waals surface area (Å²) in [6.45, 7) is 0. The molecule has 36 heavy (non-hydrogen) atoms. The molecule has 0 aliphatic rings. The summed E-state index contributed by atoms with van der Waals surface area (Å²) in [7, 11) is 0. The topological polar surface area (TPSA) is 184 Å². The Morgan fingerprint density at radius 1 is 0.944 bits per heavy atom. The van der Waals surface area contributed by atoms with E-state index >= 15 is 0 Å². The van der Waals surface area contributed by atoms with Crippen LogP contribution in [0.25, 0.3) is 10.2 Å². The molecule has 0 bridgehead atoms. The zero-order valence-electron chi connectivity index (χ0n) is 17.8. The number of non-ortho nitro benzene ring substituents is 1. The van der Waals surface area contributed by atoms with E-state index in [9.17, 15) is 35.1 Å². The molecule has 1 amide bonds. The van der Waals surface area contributed by atoms with Crippen LogP contribution >= 0.6 is 23.1 Å². The maximum Gasteiger partial charge on any atom is 0.283 e. The number of nitrogens with one attached hydrogen (secondary N) is 1. The Balaban J connectivity index is 1.52. The number of hydrogen-bond donors (Lipinski definition) is 1. The van der Waals surface area contributed by atoms with Gasteiger partial charge >= 0.3 is 0 Å². The summed E-state index contributed by atoms with van der Waals surface area (Å²) < 4.78 is 1.04. The first-order valence-corrected chi connectivity index (χ1v) is 11.4. The lowest BCUT2D eigenvalue weighted by Gasteiger charge is -2.03. The third kappa shape index (κ3) is 5.31. The molecule has 4 rings (SSSR count). The molecule has 0 saturated carbocycles. The smallest absolute Gasteiger partial charge is 0.267 e. The quantitative estimate of drug-likeness (QED) is 0.189. The van der Waals surface area contributed by atoms with Crippen molar-refractivity contribution < 1.29 is 19.6 Å². The van der Waals surface area contributed by atoms with Crippen LogP contribution in [0.1, 0.15) is 15.9 Å². The van der Waals surface area contributed by atoms with Gasteiger partial charge in [-0.25, -0.2) is 10.4 Å². The number of carbonyl (C=O) groups excluding carboxylic acids is 1. The molecule has 0 spiro atoms. The number of hydrogen-bond acceptors (Lipinski definition) is 11. The van der Waals surface area contributed by atoms with Gasteiger partial charge in [0.1, 0.15) is 5.56 Å². The van der Waals surface area contributed by atoms with Crippen LogP contribution < -0.4 is 5.43 Å². The second-order valence-corrected chi connectivity index (χ2v) is 9.27. The van der Waals surface area contributed by atoms with E-state index < -0.39 is 20.7 Å². The summed E-state index contributed by atoms with van der Waals surface area (Å²) >= 11 is 2.21. The highest BCUT2D eigenvalue weighted by molar-refractivity contribution is 8.01. The number of nitrogens with zero attached hydrogens (tertiary/aromatic N) is 5. The van der Waals surface area contributed by atoms with Gasteiger partial charge in [0.2, 0.25) is 0 Å². The molecule has 0 unspecified atom stereocenters. The monoisotopic (exact) mass is 524 g/mol. The van der Waals surface area contributed by atoms with Crippen molar-refractivity contribution in [1.29, 1.82) is 0 Å². The fourth-order valence-corrected chi connectivity index (χ4v) is 5.18. The van der Waals surface area contributed by atoms with E-state index in [2.05, 4.69) is 15.5 Å². The SMILES string of the molecule is O=C(NN=Cc1ccc(Sc2nc3ccc([N+](=O)[O-])cc3s2)c([N+](=O)[O-])c1)c1ccccc1[N+](=O)[O-]. The lowest BCUT2D eigenvalue weighted by molar-refractivity contribution is -0.387. The zero-order chi connectivity index (χ0) is 25.8. The number of carbonyl (C=O) groups is 1. The van der Waals surface area contributed by atoms with Crippen molar-refractivity contribution in [1.82, 2.24) is 10.4 Å². The van der Waals surface area contributed by atoms with Crippen LogP contribution in [-0.4, -0.2) is 31.9 Å². The summed E-state index contributed by atoms with van der Waals surface area (Å²) in [5.74, 6) is -0.809. The van der Waals surface area contributed by atoms with E-state index in [-0.39, 0.29) is 27.5 Å². The first-order chi connectivity index (χ1) is 17.2. The first kappa shape index (κ1) is 24.4. The predicted molar refractivity (Wildman–Crippen MR) is 132 cm³/mol. The number of amides is 1. The molecule has 0 atom stereocenters. The van der Waals surface area contributed by atoms with Crippen molar-refractivity contribution in [2.45, 2.75) is 9.24 Å². The molecule has 0 fully saturated rings. The number of thiazole rings is 1. The number of para-hydroxylation sites is 1. The van der Waals surface area contributed by atoms with Crippen molar-refractivity contribution in [2.75, 3.05) is 0 Å². The summed E-state index contributed by atoms with van der Waals surface area (Å²) in [4.78, 5) is 48.8. The molecule has 180 valence electrons. The van der Waals surface area contributed by atoms with E-state index in [0.29, 0.717) is 20.1 Å².